The van der Waals surface area contributed by atoms with E-state index in [4.69, 9.17) is 35.4 Å². The number of carbonyl (C=O) groups excluding carboxylic acids is 2. The van der Waals surface area contributed by atoms with Crippen molar-refractivity contribution >= 4 is 29.1 Å². The van der Waals surface area contributed by atoms with Crippen LogP contribution in [0.25, 0.3) is 0 Å². The largest absolute Gasteiger partial charge is 0.480 e. The van der Waals surface area contributed by atoms with Crippen molar-refractivity contribution in [2.75, 3.05) is 32.2 Å². The van der Waals surface area contributed by atoms with Gasteiger partial charge in [-0.1, -0.05) is 0 Å². The molecule has 29 heavy (non-hydrogen) atoms. The minimum atomic E-state index is -1.38. The predicted octanol–water partition coefficient (Wildman–Crippen LogP) is 0.620. The Kier molecular flexibility index (Phi) is 16.1. The topological polar surface area (TPSA) is 208 Å². The molecule has 0 saturated carbocycles. The number of carbonyl (C=O) groups is 3. The first-order valence-corrected chi connectivity index (χ1v) is 9.28. The third kappa shape index (κ3) is 18.0. The molecule has 0 aromatic heterocycles. The van der Waals surface area contributed by atoms with Crippen molar-refractivity contribution in [3.63, 3.8) is 0 Å². The second kappa shape index (κ2) is 17.1. The monoisotopic (exact) mass is 447 g/mol. The van der Waals surface area contributed by atoms with Crippen LogP contribution in [0.5, 0.6) is 0 Å². The van der Waals surface area contributed by atoms with Gasteiger partial charge in [-0.25, -0.2) is 14.4 Å². The van der Waals surface area contributed by atoms with Gasteiger partial charge < -0.3 is 19.9 Å². The average molecular weight is 447 g/mol. The van der Waals surface area contributed by atoms with Gasteiger partial charge in [0, 0.05) is 5.75 Å². The fourth-order valence-electron chi connectivity index (χ4n) is 1.57. The third-order valence-electron chi connectivity index (χ3n) is 2.90. The zero-order valence-electron chi connectivity index (χ0n) is 15.3. The van der Waals surface area contributed by atoms with Crippen molar-refractivity contribution in [2.24, 2.45) is 0 Å². The molecule has 0 aliphatic rings. The van der Waals surface area contributed by atoms with Crippen LogP contribution in [-0.2, 0) is 23.9 Å². The van der Waals surface area contributed by atoms with Crippen molar-refractivity contribution in [3.05, 3.63) is 0 Å². The fourth-order valence-corrected chi connectivity index (χ4v) is 2.27. The van der Waals surface area contributed by atoms with E-state index in [1.54, 1.807) is 0 Å². The smallest absolute Gasteiger partial charge is 0.407 e. The van der Waals surface area contributed by atoms with Crippen molar-refractivity contribution in [2.45, 2.75) is 31.7 Å². The Morgan fingerprint density at radius 3 is 1.79 bits per heavy atom. The van der Waals surface area contributed by atoms with Crippen LogP contribution in [0, 0.1) is 0 Å². The Morgan fingerprint density at radius 1 is 0.828 bits per heavy atom. The first kappa shape index (κ1) is 27.2. The van der Waals surface area contributed by atoms with Crippen molar-refractivity contribution in [1.29, 1.82) is 0 Å². The molecule has 6 N–H and O–H groups in total. The second-order valence-corrected chi connectivity index (χ2v) is 6.12. The maximum atomic E-state index is 11.6. The van der Waals surface area contributed by atoms with E-state index in [-0.39, 0.29) is 32.2 Å². The predicted molar refractivity (Wildman–Crippen MR) is 90.9 cm³/mol. The van der Waals surface area contributed by atoms with Crippen LogP contribution in [0.3, 0.4) is 0 Å². The summed E-state index contributed by atoms with van der Waals surface area (Å²) in [6.07, 6.45) is 0.455. The molecule has 0 heterocycles. The van der Waals surface area contributed by atoms with Gasteiger partial charge in [0.05, 0.1) is 37.2 Å². The fraction of sp³-hybridized carbons (Fsp3) is 0.769. The second-order valence-electron chi connectivity index (χ2n) is 5.17. The van der Waals surface area contributed by atoms with Gasteiger partial charge in [0.25, 0.3) is 0 Å². The maximum absolute atomic E-state index is 11.6. The molecule has 0 fully saturated rings. The molecule has 0 radical (unpaired) electrons. The summed E-state index contributed by atoms with van der Waals surface area (Å²) in [6.45, 7) is -0.0587. The number of nitrogens with zero attached hydrogens (tertiary/aromatic N) is 2. The summed E-state index contributed by atoms with van der Waals surface area (Å²) in [5.74, 6) is -1.65. The van der Waals surface area contributed by atoms with E-state index in [2.05, 4.69) is 15.0 Å². The van der Waals surface area contributed by atoms with Crippen LogP contribution < -0.4 is 5.32 Å². The van der Waals surface area contributed by atoms with Gasteiger partial charge in [0.15, 0.2) is 0 Å². The lowest BCUT2D eigenvalue weighted by molar-refractivity contribution is -0.492. The number of ether oxygens (including phenoxy) is 2. The van der Waals surface area contributed by atoms with Gasteiger partial charge in [0.2, 0.25) is 0 Å². The molecule has 0 aromatic carbocycles. The Morgan fingerprint density at radius 2 is 1.31 bits per heavy atom. The van der Waals surface area contributed by atoms with Gasteiger partial charge in [-0.15, -0.1) is 0 Å². The number of hydrogen-bond acceptors (Lipinski definition) is 14. The molecule has 0 saturated heterocycles. The molecular formula is C13H25N3O12S. The van der Waals surface area contributed by atoms with E-state index in [9.17, 15) is 14.4 Å². The summed E-state index contributed by atoms with van der Waals surface area (Å²) < 4.78 is 9.62. The normalized spacial score (nSPS) is 12.1. The molecular weight excluding hydrogens is 422 g/mol. The van der Waals surface area contributed by atoms with Crippen LogP contribution in [-0.4, -0.2) is 92.3 Å². The van der Waals surface area contributed by atoms with E-state index < -0.39 is 34.2 Å². The lowest BCUT2D eigenvalue weighted by atomic mass is 10.3. The number of carboxylic acids is 1. The Balaban J connectivity index is 3.91. The van der Waals surface area contributed by atoms with E-state index >= 15 is 0 Å². The van der Waals surface area contributed by atoms with Crippen LogP contribution in [0.2, 0.25) is 0 Å². The van der Waals surface area contributed by atoms with E-state index in [1.165, 1.54) is 0 Å². The highest BCUT2D eigenvalue weighted by Crippen LogP contribution is 2.09. The number of rotatable bonds is 16. The summed E-state index contributed by atoms with van der Waals surface area (Å²) in [6, 6.07) is -1.38. The Labute approximate surface area is 169 Å². The Bertz CT molecular complexity index is 482. The number of carboxylic acid groups (broad SMARTS) is 1. The van der Waals surface area contributed by atoms with Crippen LogP contribution in [0.15, 0.2) is 0 Å². The minimum absolute atomic E-state index is 0.000842. The molecule has 1 unspecified atom stereocenters. The van der Waals surface area contributed by atoms with Gasteiger partial charge in [-0.2, -0.15) is 0 Å². The quantitative estimate of drug-likeness (QED) is 0.109. The van der Waals surface area contributed by atoms with Crippen LogP contribution in [0.4, 0.5) is 9.59 Å². The molecule has 0 aliphatic carbocycles. The lowest BCUT2D eigenvalue weighted by Gasteiger charge is -2.14. The van der Waals surface area contributed by atoms with E-state index in [0.29, 0.717) is 37.4 Å². The molecule has 170 valence electrons. The number of unbranched alkanes of at least 4 members (excludes halogenated alkanes) is 2. The first-order valence-electron chi connectivity index (χ1n) is 8.29. The molecule has 1 amide bonds. The van der Waals surface area contributed by atoms with E-state index in [1.807, 2.05) is 0 Å². The van der Waals surface area contributed by atoms with Gasteiger partial charge in [0.1, 0.15) is 6.04 Å². The number of hydrogen-bond donors (Lipinski definition) is 6. The number of amides is 1. The summed E-state index contributed by atoms with van der Waals surface area (Å²) in [4.78, 5) is 42.9. The molecule has 16 heteroatoms. The van der Waals surface area contributed by atoms with Crippen molar-refractivity contribution in [3.8, 4) is 0 Å². The van der Waals surface area contributed by atoms with Gasteiger partial charge in [-0.3, -0.25) is 30.5 Å². The highest BCUT2D eigenvalue weighted by Gasteiger charge is 2.22. The minimum Gasteiger partial charge on any atom is -0.480 e. The number of thioether (sulfide) groups is 1. The highest BCUT2D eigenvalue weighted by molar-refractivity contribution is 8.13. The SMILES string of the molecule is O=C(NC(CSC(=O)OCCCCON(O)O)C(=O)O)OCCCCON(O)O. The molecule has 15 nitrogen and oxygen atoms in total. The highest BCUT2D eigenvalue weighted by atomic mass is 32.2. The summed E-state index contributed by atoms with van der Waals surface area (Å²) in [5.41, 5.74) is 0. The summed E-state index contributed by atoms with van der Waals surface area (Å²) in [5, 5.41) is 42.8. The standard InChI is InChI=1S/C13H25N3O12S/c17-11(18)10(14-12(19)25-5-1-3-7-27-15(21)22)9-29-13(20)26-6-2-4-8-28-16(23)24/h10,21-24H,1-9H2,(H,14,19)(H,17,18). The van der Waals surface area contributed by atoms with Crippen molar-refractivity contribution < 1.29 is 59.5 Å². The molecule has 0 rings (SSSR count). The van der Waals surface area contributed by atoms with E-state index in [0.717, 1.165) is 0 Å². The molecule has 0 bridgehead atoms. The lowest BCUT2D eigenvalue weighted by Crippen LogP contribution is -2.43. The average Bonchev–Trinajstić information content (AvgIpc) is 2.63. The summed E-state index contributed by atoms with van der Waals surface area (Å²) >= 11 is 0.561. The maximum Gasteiger partial charge on any atom is 0.407 e. The van der Waals surface area contributed by atoms with Crippen LogP contribution in [0.1, 0.15) is 25.7 Å². The van der Waals surface area contributed by atoms with Crippen LogP contribution >= 0.6 is 11.8 Å². The first-order chi connectivity index (χ1) is 13.7. The molecule has 0 spiro atoms. The number of nitrogens with one attached hydrogen (secondary N) is 1. The Hall–Kier alpha value is -1.76. The molecule has 0 aromatic rings. The van der Waals surface area contributed by atoms with Gasteiger partial charge in [-0.05, 0) is 37.4 Å². The zero-order chi connectivity index (χ0) is 22.1. The van der Waals surface area contributed by atoms with Gasteiger partial charge >= 0.3 is 17.4 Å². The molecule has 1 atom stereocenters. The zero-order valence-corrected chi connectivity index (χ0v) is 16.2. The third-order valence-corrected chi connectivity index (χ3v) is 3.76. The molecule has 0 aliphatic heterocycles. The number of alkyl carbamates (subject to hydrolysis) is 1. The number of aliphatic carboxylic acids is 1. The van der Waals surface area contributed by atoms with Crippen molar-refractivity contribution in [1.82, 2.24) is 16.1 Å². The summed E-state index contributed by atoms with van der Waals surface area (Å²) in [7, 11) is 0.